The van der Waals surface area contributed by atoms with Gasteiger partial charge in [-0.2, -0.15) is 5.10 Å². The average molecular weight is 321 g/mol. The number of hydrogen-bond acceptors (Lipinski definition) is 3. The number of para-hydroxylation sites is 1. The maximum atomic E-state index is 12.6. The fourth-order valence-corrected chi connectivity index (χ4v) is 3.97. The van der Waals surface area contributed by atoms with Gasteiger partial charge < -0.3 is 10.2 Å². The number of fused-ring (bicyclic) bond motifs is 3. The quantitative estimate of drug-likeness (QED) is 0.918. The highest BCUT2D eigenvalue weighted by molar-refractivity contribution is 6.04. The SMILES string of the molecule is CN1CC2CC1CC2NC(=O)c1nn(C)c2ccccc12.Cl. The Morgan fingerprint density at radius 1 is 1.27 bits per heavy atom. The molecule has 1 saturated heterocycles. The molecule has 1 N–H and O–H groups in total. The number of benzene rings is 1. The van der Waals surface area contributed by atoms with Gasteiger partial charge in [0.1, 0.15) is 0 Å². The van der Waals surface area contributed by atoms with Crippen LogP contribution in [0.3, 0.4) is 0 Å². The molecule has 1 aliphatic heterocycles. The van der Waals surface area contributed by atoms with Gasteiger partial charge in [-0.05, 0) is 31.9 Å². The highest BCUT2D eigenvalue weighted by Crippen LogP contribution is 2.36. The Morgan fingerprint density at radius 3 is 2.73 bits per heavy atom. The molecule has 3 unspecified atom stereocenters. The fraction of sp³-hybridized carbons (Fsp3) is 0.500. The van der Waals surface area contributed by atoms with Crippen molar-refractivity contribution >= 4 is 29.2 Å². The molecule has 0 spiro atoms. The molecule has 1 aliphatic carbocycles. The van der Waals surface area contributed by atoms with E-state index in [9.17, 15) is 4.79 Å². The van der Waals surface area contributed by atoms with Crippen LogP contribution >= 0.6 is 12.4 Å². The molecule has 1 saturated carbocycles. The third-order valence-corrected chi connectivity index (χ3v) is 5.11. The van der Waals surface area contributed by atoms with Crippen molar-refractivity contribution in [2.75, 3.05) is 13.6 Å². The molecule has 118 valence electrons. The number of piperidine rings is 1. The van der Waals surface area contributed by atoms with E-state index < -0.39 is 0 Å². The highest BCUT2D eigenvalue weighted by atomic mass is 35.5. The lowest BCUT2D eigenvalue weighted by Crippen LogP contribution is -2.44. The normalized spacial score (nSPS) is 27.1. The summed E-state index contributed by atoms with van der Waals surface area (Å²) in [6.07, 6.45) is 2.28. The Hall–Kier alpha value is -1.59. The van der Waals surface area contributed by atoms with Crippen LogP contribution in [0.5, 0.6) is 0 Å². The van der Waals surface area contributed by atoms with E-state index in [1.807, 2.05) is 31.3 Å². The van der Waals surface area contributed by atoms with Crippen molar-refractivity contribution in [2.24, 2.45) is 13.0 Å². The second-order valence-electron chi connectivity index (χ2n) is 6.39. The Balaban J connectivity index is 0.00000144. The summed E-state index contributed by atoms with van der Waals surface area (Å²) in [6, 6.07) is 8.82. The van der Waals surface area contributed by atoms with Gasteiger partial charge in [-0.15, -0.1) is 12.4 Å². The van der Waals surface area contributed by atoms with Gasteiger partial charge in [0, 0.05) is 31.1 Å². The van der Waals surface area contributed by atoms with E-state index in [1.165, 1.54) is 6.42 Å². The lowest BCUT2D eigenvalue weighted by Gasteiger charge is -2.28. The molecule has 2 aliphatic rings. The van der Waals surface area contributed by atoms with Gasteiger partial charge in [-0.25, -0.2) is 0 Å². The molecule has 1 aromatic carbocycles. The van der Waals surface area contributed by atoms with Gasteiger partial charge in [-0.3, -0.25) is 9.48 Å². The van der Waals surface area contributed by atoms with E-state index in [4.69, 9.17) is 0 Å². The molecule has 2 fully saturated rings. The van der Waals surface area contributed by atoms with Gasteiger partial charge >= 0.3 is 0 Å². The first kappa shape index (κ1) is 15.3. The molecular weight excluding hydrogens is 300 g/mol. The van der Waals surface area contributed by atoms with Crippen molar-refractivity contribution in [3.63, 3.8) is 0 Å². The smallest absolute Gasteiger partial charge is 0.272 e. The summed E-state index contributed by atoms with van der Waals surface area (Å²) in [5.41, 5.74) is 1.54. The van der Waals surface area contributed by atoms with Crippen molar-refractivity contribution in [1.82, 2.24) is 20.0 Å². The molecule has 0 radical (unpaired) electrons. The van der Waals surface area contributed by atoms with Crippen LogP contribution in [0.15, 0.2) is 24.3 Å². The Bertz CT molecular complexity index is 711. The predicted molar refractivity (Wildman–Crippen MR) is 88.4 cm³/mol. The maximum Gasteiger partial charge on any atom is 0.272 e. The zero-order valence-electron chi connectivity index (χ0n) is 12.8. The Kier molecular flexibility index (Phi) is 3.87. The van der Waals surface area contributed by atoms with E-state index >= 15 is 0 Å². The molecule has 2 heterocycles. The molecule has 22 heavy (non-hydrogen) atoms. The average Bonchev–Trinajstić information content (AvgIpc) is 3.12. The summed E-state index contributed by atoms with van der Waals surface area (Å²) in [6.45, 7) is 1.10. The summed E-state index contributed by atoms with van der Waals surface area (Å²) >= 11 is 0. The first-order chi connectivity index (χ1) is 10.1. The number of amides is 1. The fourth-order valence-electron chi connectivity index (χ4n) is 3.97. The van der Waals surface area contributed by atoms with Gasteiger partial charge in [0.15, 0.2) is 5.69 Å². The lowest BCUT2D eigenvalue weighted by atomic mass is 10.0. The number of halogens is 1. The van der Waals surface area contributed by atoms with Gasteiger partial charge in [0.05, 0.1) is 5.52 Å². The summed E-state index contributed by atoms with van der Waals surface area (Å²) in [5.74, 6) is 0.561. The molecule has 2 bridgehead atoms. The van der Waals surface area contributed by atoms with Gasteiger partial charge in [-0.1, -0.05) is 18.2 Å². The summed E-state index contributed by atoms with van der Waals surface area (Å²) in [7, 11) is 4.06. The number of hydrogen-bond donors (Lipinski definition) is 1. The minimum atomic E-state index is -0.0352. The summed E-state index contributed by atoms with van der Waals surface area (Å²) < 4.78 is 1.78. The van der Waals surface area contributed by atoms with Crippen LogP contribution in [0.4, 0.5) is 0 Å². The molecule has 6 heteroatoms. The molecule has 4 rings (SSSR count). The third-order valence-electron chi connectivity index (χ3n) is 5.11. The van der Waals surface area contributed by atoms with Gasteiger partial charge in [0.25, 0.3) is 5.91 Å². The second kappa shape index (κ2) is 5.56. The van der Waals surface area contributed by atoms with Crippen LogP contribution in [-0.2, 0) is 7.05 Å². The van der Waals surface area contributed by atoms with Crippen molar-refractivity contribution in [3.8, 4) is 0 Å². The topological polar surface area (TPSA) is 50.2 Å². The number of carbonyl (C=O) groups excluding carboxylic acids is 1. The molecule has 3 atom stereocenters. The van der Waals surface area contributed by atoms with Crippen molar-refractivity contribution in [3.05, 3.63) is 30.0 Å². The number of likely N-dealkylation sites (tertiary alicyclic amines) is 1. The Morgan fingerprint density at radius 2 is 2.05 bits per heavy atom. The number of nitrogens with zero attached hydrogens (tertiary/aromatic N) is 3. The van der Waals surface area contributed by atoms with Gasteiger partial charge in [0.2, 0.25) is 0 Å². The van der Waals surface area contributed by atoms with E-state index in [-0.39, 0.29) is 18.3 Å². The van der Waals surface area contributed by atoms with E-state index in [2.05, 4.69) is 22.4 Å². The Labute approximate surface area is 136 Å². The van der Waals surface area contributed by atoms with Crippen LogP contribution in [0.25, 0.3) is 10.9 Å². The number of aryl methyl sites for hydroxylation is 1. The molecule has 1 aromatic heterocycles. The number of aromatic nitrogens is 2. The maximum absolute atomic E-state index is 12.6. The predicted octanol–water partition coefficient (Wildman–Crippen LogP) is 1.82. The second-order valence-corrected chi connectivity index (χ2v) is 6.39. The van der Waals surface area contributed by atoms with Crippen molar-refractivity contribution in [1.29, 1.82) is 0 Å². The molecule has 2 aromatic rings. The van der Waals surface area contributed by atoms with Crippen LogP contribution in [-0.4, -0.2) is 46.3 Å². The number of nitrogens with one attached hydrogen (secondary N) is 1. The van der Waals surface area contributed by atoms with E-state index in [1.54, 1.807) is 4.68 Å². The molecular formula is C16H21ClN4O. The monoisotopic (exact) mass is 320 g/mol. The largest absolute Gasteiger partial charge is 0.348 e. The van der Waals surface area contributed by atoms with Crippen molar-refractivity contribution in [2.45, 2.75) is 24.9 Å². The highest BCUT2D eigenvalue weighted by Gasteiger charge is 2.43. The lowest BCUT2D eigenvalue weighted by molar-refractivity contribution is 0.0908. The first-order valence-corrected chi connectivity index (χ1v) is 7.56. The van der Waals surface area contributed by atoms with E-state index in [0.29, 0.717) is 23.7 Å². The number of carbonyl (C=O) groups is 1. The number of rotatable bonds is 2. The van der Waals surface area contributed by atoms with Crippen LogP contribution < -0.4 is 5.32 Å². The zero-order valence-corrected chi connectivity index (χ0v) is 13.6. The zero-order chi connectivity index (χ0) is 14.6. The first-order valence-electron chi connectivity index (χ1n) is 7.56. The van der Waals surface area contributed by atoms with Crippen LogP contribution in [0, 0.1) is 5.92 Å². The van der Waals surface area contributed by atoms with E-state index in [0.717, 1.165) is 23.9 Å². The van der Waals surface area contributed by atoms with Crippen LogP contribution in [0.2, 0.25) is 0 Å². The van der Waals surface area contributed by atoms with Crippen LogP contribution in [0.1, 0.15) is 23.3 Å². The summed E-state index contributed by atoms with van der Waals surface area (Å²) in [4.78, 5) is 15.0. The minimum absolute atomic E-state index is 0. The van der Waals surface area contributed by atoms with Crippen molar-refractivity contribution < 1.29 is 4.79 Å². The minimum Gasteiger partial charge on any atom is -0.348 e. The molecule has 1 amide bonds. The third kappa shape index (κ3) is 2.29. The standard InChI is InChI=1S/C16H20N4O.ClH/c1-19-9-10-7-11(19)8-13(10)17-16(21)15-12-5-3-4-6-14(12)20(2)18-15;/h3-6,10-11,13H,7-9H2,1-2H3,(H,17,21);1H. The molecule has 5 nitrogen and oxygen atoms in total. The summed E-state index contributed by atoms with van der Waals surface area (Å²) in [5, 5.41) is 8.54.